The molecule has 4 aromatic rings. The van der Waals surface area contributed by atoms with Crippen LogP contribution < -0.4 is 15.4 Å². The molecule has 0 unspecified atom stereocenters. The summed E-state index contributed by atoms with van der Waals surface area (Å²) in [5.41, 5.74) is 3.44. The maximum atomic E-state index is 13.3. The number of benzene rings is 4. The smallest absolute Gasteiger partial charge is 0.272 e. The van der Waals surface area contributed by atoms with Crippen LogP contribution in [0, 0.1) is 6.92 Å². The molecule has 196 valence electrons. The van der Waals surface area contributed by atoms with Crippen LogP contribution >= 0.6 is 11.8 Å². The molecular weight excluding hydrogens is 508 g/mol. The number of aryl methyl sites for hydroxylation is 1. The highest BCUT2D eigenvalue weighted by Gasteiger charge is 2.16. The number of carbonyl (C=O) groups is 3. The molecule has 4 rings (SSSR count). The summed E-state index contributed by atoms with van der Waals surface area (Å²) < 4.78 is 5.30. The van der Waals surface area contributed by atoms with Gasteiger partial charge in [0.25, 0.3) is 11.8 Å². The Bertz CT molecular complexity index is 1520. The van der Waals surface area contributed by atoms with Crippen LogP contribution in [-0.4, -0.2) is 30.5 Å². The van der Waals surface area contributed by atoms with E-state index in [1.54, 1.807) is 66.7 Å². The Morgan fingerprint density at radius 2 is 1.59 bits per heavy atom. The third-order valence-electron chi connectivity index (χ3n) is 5.75. The third-order valence-corrected chi connectivity index (χ3v) is 6.74. The highest BCUT2D eigenvalue weighted by molar-refractivity contribution is 8.00. The van der Waals surface area contributed by atoms with Crippen LogP contribution in [0.4, 0.5) is 5.69 Å². The first kappa shape index (κ1) is 27.4. The zero-order valence-corrected chi connectivity index (χ0v) is 22.5. The Hall–Kier alpha value is -4.62. The summed E-state index contributed by atoms with van der Waals surface area (Å²) in [6, 6.07) is 30.7. The van der Waals surface area contributed by atoms with E-state index in [4.69, 9.17) is 4.74 Å². The Morgan fingerprint density at radius 3 is 2.36 bits per heavy atom. The van der Waals surface area contributed by atoms with Gasteiger partial charge >= 0.3 is 0 Å². The van der Waals surface area contributed by atoms with E-state index in [-0.39, 0.29) is 23.1 Å². The minimum Gasteiger partial charge on any atom is -0.496 e. The minimum absolute atomic E-state index is 0.0566. The summed E-state index contributed by atoms with van der Waals surface area (Å²) in [6.07, 6.45) is 1.65. The van der Waals surface area contributed by atoms with E-state index in [1.807, 2.05) is 49.4 Å². The van der Waals surface area contributed by atoms with Gasteiger partial charge in [0.2, 0.25) is 0 Å². The number of ether oxygens (including phenoxy) is 1. The Morgan fingerprint density at radius 1 is 0.846 bits per heavy atom. The standard InChI is InChI=1S/C32H28N2O4S/c1-22-10-8-11-23(18-22)19-28(34-31(36)24-12-4-3-5-13-24)32(37)33-25-14-9-15-26(20-25)39-21-29(35)27-16-6-7-17-30(27)38-2/h3-20H,21H2,1-2H3,(H,33,37)(H,34,36)/b28-19-. The van der Waals surface area contributed by atoms with E-state index in [0.717, 1.165) is 16.0 Å². The molecule has 0 aliphatic rings. The van der Waals surface area contributed by atoms with Gasteiger partial charge in [-0.2, -0.15) is 0 Å². The van der Waals surface area contributed by atoms with Crippen molar-refractivity contribution in [3.63, 3.8) is 0 Å². The van der Waals surface area contributed by atoms with Gasteiger partial charge in [-0.3, -0.25) is 14.4 Å². The van der Waals surface area contributed by atoms with Crippen LogP contribution in [0.3, 0.4) is 0 Å². The predicted octanol–water partition coefficient (Wildman–Crippen LogP) is 6.39. The van der Waals surface area contributed by atoms with Crippen molar-refractivity contribution in [2.75, 3.05) is 18.2 Å². The number of carbonyl (C=O) groups excluding carboxylic acids is 3. The van der Waals surface area contributed by atoms with E-state index in [9.17, 15) is 14.4 Å². The topological polar surface area (TPSA) is 84.5 Å². The number of methoxy groups -OCH3 is 1. The van der Waals surface area contributed by atoms with Gasteiger partial charge in [-0.25, -0.2) is 0 Å². The summed E-state index contributed by atoms with van der Waals surface area (Å²) in [7, 11) is 1.54. The lowest BCUT2D eigenvalue weighted by Gasteiger charge is -2.12. The molecule has 0 aliphatic heterocycles. The van der Waals surface area contributed by atoms with Crippen molar-refractivity contribution in [3.8, 4) is 5.75 Å². The van der Waals surface area contributed by atoms with Gasteiger partial charge in [0.05, 0.1) is 18.4 Å². The van der Waals surface area contributed by atoms with Crippen molar-refractivity contribution in [1.82, 2.24) is 5.32 Å². The SMILES string of the molecule is COc1ccccc1C(=O)CSc1cccc(NC(=O)/C(=C/c2cccc(C)c2)NC(=O)c2ccccc2)c1. The number of para-hydroxylation sites is 1. The lowest BCUT2D eigenvalue weighted by atomic mass is 10.1. The normalized spacial score (nSPS) is 11.0. The number of rotatable bonds is 10. The number of hydrogen-bond donors (Lipinski definition) is 2. The molecule has 0 heterocycles. The molecular formula is C32H28N2O4S. The van der Waals surface area contributed by atoms with Gasteiger partial charge in [-0.05, 0) is 61.0 Å². The van der Waals surface area contributed by atoms with Crippen molar-refractivity contribution >= 4 is 41.1 Å². The fraction of sp³-hybridized carbons (Fsp3) is 0.0938. The average Bonchev–Trinajstić information content (AvgIpc) is 2.96. The first-order valence-electron chi connectivity index (χ1n) is 12.3. The highest BCUT2D eigenvalue weighted by Crippen LogP contribution is 2.25. The second kappa shape index (κ2) is 13.3. The molecule has 0 saturated heterocycles. The average molecular weight is 537 g/mol. The fourth-order valence-corrected chi connectivity index (χ4v) is 4.67. The third kappa shape index (κ3) is 7.69. The van der Waals surface area contributed by atoms with E-state index in [1.165, 1.54) is 18.9 Å². The molecule has 2 N–H and O–H groups in total. The summed E-state index contributed by atoms with van der Waals surface area (Å²) >= 11 is 1.36. The summed E-state index contributed by atoms with van der Waals surface area (Å²) in [5.74, 6) is -0.158. The molecule has 39 heavy (non-hydrogen) atoms. The first-order chi connectivity index (χ1) is 18.9. The quantitative estimate of drug-likeness (QED) is 0.139. The van der Waals surface area contributed by atoms with Crippen LogP contribution in [0.15, 0.2) is 114 Å². The van der Waals surface area contributed by atoms with Crippen molar-refractivity contribution in [3.05, 3.63) is 131 Å². The van der Waals surface area contributed by atoms with E-state index in [2.05, 4.69) is 10.6 Å². The van der Waals surface area contributed by atoms with Gasteiger partial charge in [0.1, 0.15) is 11.4 Å². The molecule has 0 saturated carbocycles. The molecule has 2 amide bonds. The van der Waals surface area contributed by atoms with Crippen LogP contribution in [-0.2, 0) is 4.79 Å². The molecule has 0 spiro atoms. The maximum absolute atomic E-state index is 13.3. The van der Waals surface area contributed by atoms with Gasteiger partial charge in [-0.15, -0.1) is 11.8 Å². The van der Waals surface area contributed by atoms with Crippen LogP contribution in [0.5, 0.6) is 5.75 Å². The fourth-order valence-electron chi connectivity index (χ4n) is 3.83. The highest BCUT2D eigenvalue weighted by atomic mass is 32.2. The van der Waals surface area contributed by atoms with Crippen LogP contribution in [0.2, 0.25) is 0 Å². The van der Waals surface area contributed by atoms with Crippen LogP contribution in [0.25, 0.3) is 6.08 Å². The number of hydrogen-bond acceptors (Lipinski definition) is 5. The molecule has 0 aromatic heterocycles. The van der Waals surface area contributed by atoms with Gasteiger partial charge in [0, 0.05) is 16.1 Å². The number of nitrogens with one attached hydrogen (secondary N) is 2. The van der Waals surface area contributed by atoms with Crippen molar-refractivity contribution in [1.29, 1.82) is 0 Å². The van der Waals surface area contributed by atoms with Crippen molar-refractivity contribution in [2.45, 2.75) is 11.8 Å². The first-order valence-corrected chi connectivity index (χ1v) is 13.3. The Balaban J connectivity index is 1.49. The number of Topliss-reactive ketones (excluding diaryl/α,β-unsaturated/α-hetero) is 1. The molecule has 0 bridgehead atoms. The number of ketones is 1. The Kier molecular flexibility index (Phi) is 9.32. The lowest BCUT2D eigenvalue weighted by Crippen LogP contribution is -2.30. The molecule has 0 atom stereocenters. The number of anilines is 1. The van der Waals surface area contributed by atoms with E-state index < -0.39 is 5.91 Å². The van der Waals surface area contributed by atoms with E-state index in [0.29, 0.717) is 22.6 Å². The monoisotopic (exact) mass is 536 g/mol. The van der Waals surface area contributed by atoms with Gasteiger partial charge < -0.3 is 15.4 Å². The molecule has 4 aromatic carbocycles. The molecule has 6 nitrogen and oxygen atoms in total. The Labute approximate surface area is 232 Å². The lowest BCUT2D eigenvalue weighted by molar-refractivity contribution is -0.113. The van der Waals surface area contributed by atoms with Gasteiger partial charge in [0.15, 0.2) is 5.78 Å². The number of amides is 2. The molecule has 0 aliphatic carbocycles. The number of thioether (sulfide) groups is 1. The molecule has 7 heteroatoms. The predicted molar refractivity (Wildman–Crippen MR) is 156 cm³/mol. The zero-order valence-electron chi connectivity index (χ0n) is 21.6. The zero-order chi connectivity index (χ0) is 27.6. The molecule has 0 radical (unpaired) electrons. The van der Waals surface area contributed by atoms with Gasteiger partial charge in [-0.1, -0.05) is 66.2 Å². The second-order valence-electron chi connectivity index (χ2n) is 8.69. The van der Waals surface area contributed by atoms with Crippen molar-refractivity contribution < 1.29 is 19.1 Å². The summed E-state index contributed by atoms with van der Waals surface area (Å²) in [4.78, 5) is 39.8. The molecule has 0 fully saturated rings. The van der Waals surface area contributed by atoms with E-state index >= 15 is 0 Å². The summed E-state index contributed by atoms with van der Waals surface area (Å²) in [6.45, 7) is 1.96. The van der Waals surface area contributed by atoms with Crippen LogP contribution in [0.1, 0.15) is 31.8 Å². The largest absolute Gasteiger partial charge is 0.496 e. The summed E-state index contributed by atoms with van der Waals surface area (Å²) in [5, 5.41) is 5.62. The van der Waals surface area contributed by atoms with Crippen molar-refractivity contribution in [2.24, 2.45) is 0 Å². The minimum atomic E-state index is -0.465. The maximum Gasteiger partial charge on any atom is 0.272 e. The second-order valence-corrected chi connectivity index (χ2v) is 9.74.